The fraction of sp³-hybridized carbons (Fsp3) is 0.364. The van der Waals surface area contributed by atoms with Crippen molar-refractivity contribution in [2.24, 2.45) is 5.41 Å². The van der Waals surface area contributed by atoms with Crippen LogP contribution in [0.1, 0.15) is 44.2 Å². The lowest BCUT2D eigenvalue weighted by molar-refractivity contribution is -0.158. The highest BCUT2D eigenvalue weighted by Crippen LogP contribution is 2.35. The molecule has 0 fully saturated rings. The smallest absolute Gasteiger partial charge is 0.338 e. The fourth-order valence-electron chi connectivity index (χ4n) is 3.08. The van der Waals surface area contributed by atoms with Crippen LogP contribution in [0.25, 0.3) is 0 Å². The van der Waals surface area contributed by atoms with Gasteiger partial charge in [0.15, 0.2) is 0 Å². The Bertz CT molecular complexity index is 836. The minimum Gasteiger partial charge on any atom is -0.497 e. The number of hydrogen-bond acceptors (Lipinski definition) is 4. The molecule has 3 rings (SSSR count). The molecule has 0 bridgehead atoms. The van der Waals surface area contributed by atoms with E-state index in [1.54, 1.807) is 27.9 Å². The Hall–Kier alpha value is -2.82. The number of amides is 1. The fourth-order valence-corrected chi connectivity index (χ4v) is 3.08. The molecule has 2 aromatic carbocycles. The van der Waals surface area contributed by atoms with Gasteiger partial charge in [0.25, 0.3) is 5.91 Å². The van der Waals surface area contributed by atoms with Gasteiger partial charge in [0.1, 0.15) is 5.75 Å². The minimum atomic E-state index is -0.698. The van der Waals surface area contributed by atoms with E-state index in [-0.39, 0.29) is 18.2 Å². The summed E-state index contributed by atoms with van der Waals surface area (Å²) in [6, 6.07) is 15.3. The Morgan fingerprint density at radius 3 is 2.33 bits per heavy atom. The van der Waals surface area contributed by atoms with Crippen molar-refractivity contribution >= 4 is 17.6 Å². The molecule has 27 heavy (non-hydrogen) atoms. The molecule has 142 valence electrons. The highest BCUT2D eigenvalue weighted by atomic mass is 16.7. The summed E-state index contributed by atoms with van der Waals surface area (Å²) in [5, 5.41) is 1.17. The number of hydrogen-bond donors (Lipinski definition) is 0. The molecule has 1 unspecified atom stereocenters. The Morgan fingerprint density at radius 1 is 1.04 bits per heavy atom. The number of nitrogens with zero attached hydrogens (tertiary/aromatic N) is 1. The van der Waals surface area contributed by atoms with E-state index < -0.39 is 11.4 Å². The molecule has 0 aliphatic carbocycles. The SMILES string of the molecule is COc1ccc(C2CC(=O)N(OC(=O)C(C)(C)C)c3ccccc3C2)cc1. The minimum absolute atomic E-state index is 0.00268. The number of hydroxylamine groups is 1. The van der Waals surface area contributed by atoms with Gasteiger partial charge < -0.3 is 9.57 Å². The molecule has 0 N–H and O–H groups in total. The monoisotopic (exact) mass is 367 g/mol. The van der Waals surface area contributed by atoms with Crippen molar-refractivity contribution < 1.29 is 19.2 Å². The second-order valence-electron chi connectivity index (χ2n) is 7.82. The van der Waals surface area contributed by atoms with E-state index in [9.17, 15) is 9.59 Å². The third-order valence-corrected chi connectivity index (χ3v) is 4.70. The molecule has 0 aromatic heterocycles. The number of fused-ring (bicyclic) bond motifs is 1. The summed E-state index contributed by atoms with van der Waals surface area (Å²) in [6.07, 6.45) is 0.955. The van der Waals surface area contributed by atoms with Gasteiger partial charge in [-0.2, -0.15) is 0 Å². The van der Waals surface area contributed by atoms with E-state index in [2.05, 4.69) is 0 Å². The third kappa shape index (κ3) is 4.13. The van der Waals surface area contributed by atoms with Gasteiger partial charge in [-0.1, -0.05) is 30.3 Å². The zero-order valence-electron chi connectivity index (χ0n) is 16.2. The number of rotatable bonds is 3. The van der Waals surface area contributed by atoms with Gasteiger partial charge in [0, 0.05) is 6.42 Å². The number of carbonyl (C=O) groups is 2. The first kappa shape index (κ1) is 19.0. The van der Waals surface area contributed by atoms with Gasteiger partial charge in [-0.05, 0) is 62.4 Å². The lowest BCUT2D eigenvalue weighted by Crippen LogP contribution is -2.37. The lowest BCUT2D eigenvalue weighted by Gasteiger charge is -2.25. The molecule has 0 saturated carbocycles. The second-order valence-corrected chi connectivity index (χ2v) is 7.82. The van der Waals surface area contributed by atoms with Gasteiger partial charge in [-0.3, -0.25) is 4.79 Å². The summed E-state index contributed by atoms with van der Waals surface area (Å²) < 4.78 is 5.22. The highest BCUT2D eigenvalue weighted by molar-refractivity contribution is 5.96. The standard InChI is InChI=1S/C22H25NO4/c1-22(2,3)21(25)27-23-19-8-6-5-7-16(19)13-17(14-20(23)24)15-9-11-18(26-4)12-10-15/h5-12,17H,13-14H2,1-4H3. The van der Waals surface area contributed by atoms with Crippen LogP contribution in [0.3, 0.4) is 0 Å². The second kappa shape index (κ2) is 7.43. The van der Waals surface area contributed by atoms with Gasteiger partial charge >= 0.3 is 5.97 Å². The first-order valence-electron chi connectivity index (χ1n) is 9.07. The zero-order chi connectivity index (χ0) is 19.6. The number of methoxy groups -OCH3 is 1. The van der Waals surface area contributed by atoms with Crippen LogP contribution >= 0.6 is 0 Å². The topological polar surface area (TPSA) is 55.8 Å². The van der Waals surface area contributed by atoms with Crippen LogP contribution in [0.4, 0.5) is 5.69 Å². The van der Waals surface area contributed by atoms with E-state index in [0.717, 1.165) is 16.9 Å². The molecule has 5 heteroatoms. The van der Waals surface area contributed by atoms with E-state index in [1.165, 1.54) is 5.06 Å². The molecule has 2 aromatic rings. The average molecular weight is 367 g/mol. The predicted molar refractivity (Wildman–Crippen MR) is 104 cm³/mol. The molecule has 1 aliphatic rings. The van der Waals surface area contributed by atoms with Crippen molar-refractivity contribution in [3.05, 3.63) is 59.7 Å². The van der Waals surface area contributed by atoms with Crippen LogP contribution < -0.4 is 9.80 Å². The van der Waals surface area contributed by atoms with Crippen LogP contribution in [0.5, 0.6) is 5.75 Å². The van der Waals surface area contributed by atoms with Crippen molar-refractivity contribution in [2.75, 3.05) is 12.2 Å². The first-order valence-corrected chi connectivity index (χ1v) is 9.07. The Kier molecular flexibility index (Phi) is 5.22. The van der Waals surface area contributed by atoms with Crippen molar-refractivity contribution in [1.29, 1.82) is 0 Å². The van der Waals surface area contributed by atoms with E-state index >= 15 is 0 Å². The molecule has 1 atom stereocenters. The van der Waals surface area contributed by atoms with Gasteiger partial charge in [-0.25, -0.2) is 4.79 Å². The van der Waals surface area contributed by atoms with Crippen LogP contribution in [0.15, 0.2) is 48.5 Å². The van der Waals surface area contributed by atoms with Crippen LogP contribution in [-0.2, 0) is 20.8 Å². The lowest BCUT2D eigenvalue weighted by atomic mass is 9.90. The molecule has 0 spiro atoms. The predicted octanol–water partition coefficient (Wildman–Crippen LogP) is 4.26. The summed E-state index contributed by atoms with van der Waals surface area (Å²) >= 11 is 0. The maximum atomic E-state index is 13.0. The third-order valence-electron chi connectivity index (χ3n) is 4.70. The number of para-hydroxylation sites is 1. The molecular formula is C22H25NO4. The molecule has 1 aliphatic heterocycles. The van der Waals surface area contributed by atoms with Crippen molar-refractivity contribution in [2.45, 2.75) is 39.5 Å². The molecule has 1 heterocycles. The summed E-state index contributed by atoms with van der Waals surface area (Å²) in [4.78, 5) is 30.9. The Labute approximate surface area is 159 Å². The normalized spacial score (nSPS) is 17.1. The largest absolute Gasteiger partial charge is 0.497 e. The number of anilines is 1. The Balaban J connectivity index is 1.94. The summed E-state index contributed by atoms with van der Waals surface area (Å²) in [5.41, 5.74) is 1.97. The van der Waals surface area contributed by atoms with Crippen LogP contribution in [0.2, 0.25) is 0 Å². The average Bonchev–Trinajstić information content (AvgIpc) is 2.78. The Morgan fingerprint density at radius 2 is 1.70 bits per heavy atom. The van der Waals surface area contributed by atoms with Crippen LogP contribution in [-0.4, -0.2) is 19.0 Å². The zero-order valence-corrected chi connectivity index (χ0v) is 16.2. The summed E-state index contributed by atoms with van der Waals surface area (Å²) in [5.74, 6) is 0.120. The summed E-state index contributed by atoms with van der Waals surface area (Å²) in [6.45, 7) is 5.30. The first-order chi connectivity index (χ1) is 12.8. The summed E-state index contributed by atoms with van der Waals surface area (Å²) in [7, 11) is 1.63. The van der Waals surface area contributed by atoms with Crippen LogP contribution in [0, 0.1) is 5.41 Å². The maximum absolute atomic E-state index is 13.0. The van der Waals surface area contributed by atoms with Crippen molar-refractivity contribution in [1.82, 2.24) is 0 Å². The van der Waals surface area contributed by atoms with Gasteiger partial charge in [0.2, 0.25) is 0 Å². The number of carbonyl (C=O) groups excluding carboxylic acids is 2. The molecule has 0 radical (unpaired) electrons. The number of benzene rings is 2. The molecule has 5 nitrogen and oxygen atoms in total. The highest BCUT2D eigenvalue weighted by Gasteiger charge is 2.34. The van der Waals surface area contributed by atoms with E-state index in [1.807, 2.05) is 48.5 Å². The molecular weight excluding hydrogens is 342 g/mol. The van der Waals surface area contributed by atoms with Crippen molar-refractivity contribution in [3.8, 4) is 5.75 Å². The van der Waals surface area contributed by atoms with Gasteiger partial charge in [-0.15, -0.1) is 5.06 Å². The maximum Gasteiger partial charge on any atom is 0.338 e. The number of ether oxygens (including phenoxy) is 1. The van der Waals surface area contributed by atoms with E-state index in [0.29, 0.717) is 12.1 Å². The molecule has 0 saturated heterocycles. The quantitative estimate of drug-likeness (QED) is 0.813. The molecule has 1 amide bonds. The van der Waals surface area contributed by atoms with Crippen molar-refractivity contribution in [3.63, 3.8) is 0 Å². The van der Waals surface area contributed by atoms with Gasteiger partial charge in [0.05, 0.1) is 18.2 Å². The van der Waals surface area contributed by atoms with E-state index in [4.69, 9.17) is 9.57 Å².